The zero-order chi connectivity index (χ0) is 9.03. The van der Waals surface area contributed by atoms with Crippen molar-refractivity contribution in [3.63, 3.8) is 0 Å². The summed E-state index contributed by atoms with van der Waals surface area (Å²) in [5.74, 6) is 0. The van der Waals surface area contributed by atoms with E-state index in [0.29, 0.717) is 6.42 Å². The molecule has 4 heteroatoms. The van der Waals surface area contributed by atoms with Crippen LogP contribution in [0.3, 0.4) is 0 Å². The smallest absolute Gasteiger partial charge is 0.137 e. The second kappa shape index (κ2) is 4.16. The SMILES string of the molecule is NCC(F)(CN)C[C@@H]1CCCO1. The van der Waals surface area contributed by atoms with Gasteiger partial charge in [-0.05, 0) is 12.8 Å². The van der Waals surface area contributed by atoms with Gasteiger partial charge in [-0.3, -0.25) is 0 Å². The van der Waals surface area contributed by atoms with Crippen LogP contribution in [0, 0.1) is 0 Å². The van der Waals surface area contributed by atoms with Crippen LogP contribution >= 0.6 is 0 Å². The van der Waals surface area contributed by atoms with E-state index in [1.807, 2.05) is 0 Å². The molecule has 1 saturated heterocycles. The summed E-state index contributed by atoms with van der Waals surface area (Å²) in [6, 6.07) is 0. The molecule has 0 bridgehead atoms. The first-order valence-electron chi connectivity index (χ1n) is 4.41. The van der Waals surface area contributed by atoms with Crippen LogP contribution in [-0.4, -0.2) is 31.5 Å². The topological polar surface area (TPSA) is 61.3 Å². The summed E-state index contributed by atoms with van der Waals surface area (Å²) in [6.45, 7) is 0.725. The maximum atomic E-state index is 13.6. The summed E-state index contributed by atoms with van der Waals surface area (Å²) >= 11 is 0. The molecule has 1 heterocycles. The minimum atomic E-state index is -1.42. The molecule has 0 aromatic heterocycles. The third-order valence-electron chi connectivity index (χ3n) is 2.35. The molecule has 0 radical (unpaired) electrons. The molecule has 1 rings (SSSR count). The van der Waals surface area contributed by atoms with Crippen LogP contribution in [0.5, 0.6) is 0 Å². The number of nitrogens with two attached hydrogens (primary N) is 2. The third kappa shape index (κ3) is 2.40. The number of ether oxygens (including phenoxy) is 1. The number of rotatable bonds is 4. The lowest BCUT2D eigenvalue weighted by Crippen LogP contribution is -2.43. The van der Waals surface area contributed by atoms with Crippen molar-refractivity contribution in [2.45, 2.75) is 31.0 Å². The Hall–Kier alpha value is -0.190. The molecule has 1 atom stereocenters. The van der Waals surface area contributed by atoms with Crippen LogP contribution in [-0.2, 0) is 4.74 Å². The van der Waals surface area contributed by atoms with E-state index in [2.05, 4.69) is 0 Å². The highest BCUT2D eigenvalue weighted by Crippen LogP contribution is 2.23. The van der Waals surface area contributed by atoms with Gasteiger partial charge in [0.05, 0.1) is 6.10 Å². The van der Waals surface area contributed by atoms with E-state index in [1.165, 1.54) is 0 Å². The van der Waals surface area contributed by atoms with E-state index >= 15 is 0 Å². The Labute approximate surface area is 72.2 Å². The van der Waals surface area contributed by atoms with Gasteiger partial charge in [0.25, 0.3) is 0 Å². The Bertz CT molecular complexity index is 133. The summed E-state index contributed by atoms with van der Waals surface area (Å²) in [4.78, 5) is 0. The van der Waals surface area contributed by atoms with E-state index in [9.17, 15) is 4.39 Å². The maximum absolute atomic E-state index is 13.6. The molecule has 1 fully saturated rings. The largest absolute Gasteiger partial charge is 0.378 e. The second-order valence-corrected chi connectivity index (χ2v) is 3.40. The van der Waals surface area contributed by atoms with E-state index in [-0.39, 0.29) is 19.2 Å². The standard InChI is InChI=1S/C8H17FN2O/c9-8(5-10,6-11)4-7-2-1-3-12-7/h7H,1-6,10-11H2/t7-/m0/s1. The van der Waals surface area contributed by atoms with Gasteiger partial charge in [-0.25, -0.2) is 4.39 Å². The zero-order valence-corrected chi connectivity index (χ0v) is 7.26. The molecule has 0 amide bonds. The van der Waals surface area contributed by atoms with Gasteiger partial charge in [-0.1, -0.05) is 0 Å². The summed E-state index contributed by atoms with van der Waals surface area (Å²) < 4.78 is 18.9. The third-order valence-corrected chi connectivity index (χ3v) is 2.35. The van der Waals surface area contributed by atoms with Crippen molar-refractivity contribution >= 4 is 0 Å². The lowest BCUT2D eigenvalue weighted by molar-refractivity contribution is 0.0465. The van der Waals surface area contributed by atoms with Gasteiger partial charge in [0.2, 0.25) is 0 Å². The molecule has 0 aliphatic carbocycles. The van der Waals surface area contributed by atoms with Crippen LogP contribution in [0.25, 0.3) is 0 Å². The van der Waals surface area contributed by atoms with Gasteiger partial charge in [-0.2, -0.15) is 0 Å². The van der Waals surface area contributed by atoms with Gasteiger partial charge in [0.15, 0.2) is 0 Å². The number of alkyl halides is 1. The van der Waals surface area contributed by atoms with Crippen LogP contribution in [0.1, 0.15) is 19.3 Å². The van der Waals surface area contributed by atoms with Crippen molar-refractivity contribution in [2.24, 2.45) is 11.5 Å². The Balaban J connectivity index is 2.35. The summed E-state index contributed by atoms with van der Waals surface area (Å²) in [5.41, 5.74) is 9.15. The molecule has 0 unspecified atom stereocenters. The van der Waals surface area contributed by atoms with Crippen molar-refractivity contribution in [2.75, 3.05) is 19.7 Å². The molecule has 0 aromatic rings. The molecule has 0 saturated carbocycles. The van der Waals surface area contributed by atoms with Crippen molar-refractivity contribution < 1.29 is 9.13 Å². The molecule has 72 valence electrons. The molecule has 1 aliphatic heterocycles. The van der Waals surface area contributed by atoms with E-state index in [4.69, 9.17) is 16.2 Å². The molecule has 0 aromatic carbocycles. The molecule has 0 spiro atoms. The normalized spacial score (nSPS) is 24.8. The van der Waals surface area contributed by atoms with Crippen molar-refractivity contribution in [3.8, 4) is 0 Å². The van der Waals surface area contributed by atoms with E-state index in [0.717, 1.165) is 19.4 Å². The second-order valence-electron chi connectivity index (χ2n) is 3.40. The van der Waals surface area contributed by atoms with Crippen molar-refractivity contribution in [3.05, 3.63) is 0 Å². The van der Waals surface area contributed by atoms with Gasteiger partial charge in [0.1, 0.15) is 5.67 Å². The summed E-state index contributed by atoms with van der Waals surface area (Å²) in [5, 5.41) is 0. The average molecular weight is 176 g/mol. The number of hydrogen-bond acceptors (Lipinski definition) is 3. The fourth-order valence-electron chi connectivity index (χ4n) is 1.46. The predicted octanol–water partition coefficient (Wildman–Crippen LogP) is 0.181. The van der Waals surface area contributed by atoms with Gasteiger partial charge in [-0.15, -0.1) is 0 Å². The number of halogens is 1. The highest BCUT2D eigenvalue weighted by molar-refractivity contribution is 4.85. The Morgan fingerprint density at radius 2 is 2.08 bits per heavy atom. The van der Waals surface area contributed by atoms with Crippen LogP contribution in [0.15, 0.2) is 0 Å². The maximum Gasteiger partial charge on any atom is 0.137 e. The fraction of sp³-hybridized carbons (Fsp3) is 1.00. The average Bonchev–Trinajstić information content (AvgIpc) is 2.57. The Morgan fingerprint density at radius 1 is 1.42 bits per heavy atom. The first kappa shape index (κ1) is 9.89. The van der Waals surface area contributed by atoms with Crippen molar-refractivity contribution in [1.29, 1.82) is 0 Å². The van der Waals surface area contributed by atoms with Gasteiger partial charge >= 0.3 is 0 Å². The van der Waals surface area contributed by atoms with Crippen LogP contribution in [0.2, 0.25) is 0 Å². The minimum absolute atomic E-state index is 0.0106. The molecule has 3 nitrogen and oxygen atoms in total. The molecule has 1 aliphatic rings. The zero-order valence-electron chi connectivity index (χ0n) is 7.26. The van der Waals surface area contributed by atoms with Crippen molar-refractivity contribution in [1.82, 2.24) is 0 Å². The van der Waals surface area contributed by atoms with Gasteiger partial charge < -0.3 is 16.2 Å². The highest BCUT2D eigenvalue weighted by Gasteiger charge is 2.31. The summed E-state index contributed by atoms with van der Waals surface area (Å²) in [7, 11) is 0. The number of hydrogen-bond donors (Lipinski definition) is 2. The molecular formula is C8H17FN2O. The quantitative estimate of drug-likeness (QED) is 0.642. The minimum Gasteiger partial charge on any atom is -0.378 e. The van der Waals surface area contributed by atoms with Gasteiger partial charge in [0, 0.05) is 26.1 Å². The lowest BCUT2D eigenvalue weighted by Gasteiger charge is -2.24. The highest BCUT2D eigenvalue weighted by atomic mass is 19.1. The lowest BCUT2D eigenvalue weighted by atomic mass is 9.97. The summed E-state index contributed by atoms with van der Waals surface area (Å²) in [6.07, 6.45) is 2.34. The Kier molecular flexibility index (Phi) is 3.43. The fourth-order valence-corrected chi connectivity index (χ4v) is 1.46. The molecule has 12 heavy (non-hydrogen) atoms. The van der Waals surface area contributed by atoms with Crippen LogP contribution in [0.4, 0.5) is 4.39 Å². The monoisotopic (exact) mass is 176 g/mol. The molecule has 4 N–H and O–H groups in total. The van der Waals surface area contributed by atoms with E-state index < -0.39 is 5.67 Å². The molecular weight excluding hydrogens is 159 g/mol. The first-order valence-corrected chi connectivity index (χ1v) is 4.41. The Morgan fingerprint density at radius 3 is 2.50 bits per heavy atom. The van der Waals surface area contributed by atoms with Crippen LogP contribution < -0.4 is 11.5 Å². The predicted molar refractivity (Wildman–Crippen MR) is 45.5 cm³/mol. The van der Waals surface area contributed by atoms with E-state index in [1.54, 1.807) is 0 Å². The first-order chi connectivity index (χ1) is 5.70.